The third-order valence-electron chi connectivity index (χ3n) is 3.28. The van der Waals surface area contributed by atoms with Crippen molar-refractivity contribution in [2.45, 2.75) is 18.2 Å². The standard InChI is InChI=1S/C15H15FN4O2S/c16-14-9-12(6-7-13(14)10-23(18,21)22)15(19-20-17)8-11-4-2-1-3-5-11/h1-7,9,15H,8,10H2,(H2,18,21,22). The topological polar surface area (TPSA) is 109 Å². The predicted octanol–water partition coefficient (Wildman–Crippen LogP) is 3.21. The number of hydrogen-bond acceptors (Lipinski definition) is 3. The summed E-state index contributed by atoms with van der Waals surface area (Å²) in [5, 5.41) is 8.63. The molecule has 0 amide bonds. The summed E-state index contributed by atoms with van der Waals surface area (Å²) in [7, 11) is -3.81. The van der Waals surface area contributed by atoms with Crippen molar-refractivity contribution in [2.75, 3.05) is 0 Å². The van der Waals surface area contributed by atoms with Crippen molar-refractivity contribution in [3.05, 3.63) is 81.5 Å². The molecule has 1 unspecified atom stereocenters. The van der Waals surface area contributed by atoms with Crippen molar-refractivity contribution in [3.63, 3.8) is 0 Å². The van der Waals surface area contributed by atoms with Crippen LogP contribution in [-0.2, 0) is 22.2 Å². The zero-order chi connectivity index (χ0) is 16.9. The normalized spacial score (nSPS) is 12.4. The summed E-state index contributed by atoms with van der Waals surface area (Å²) in [6.45, 7) is 0. The van der Waals surface area contributed by atoms with Gasteiger partial charge in [-0.05, 0) is 29.1 Å². The molecule has 23 heavy (non-hydrogen) atoms. The van der Waals surface area contributed by atoms with Crippen molar-refractivity contribution in [2.24, 2.45) is 10.3 Å². The molecule has 0 aliphatic rings. The van der Waals surface area contributed by atoms with Gasteiger partial charge >= 0.3 is 0 Å². The van der Waals surface area contributed by atoms with Gasteiger partial charge in [0.1, 0.15) is 5.82 Å². The molecule has 0 aliphatic carbocycles. The van der Waals surface area contributed by atoms with E-state index in [9.17, 15) is 12.8 Å². The van der Waals surface area contributed by atoms with E-state index < -0.39 is 27.6 Å². The van der Waals surface area contributed by atoms with Gasteiger partial charge in [-0.1, -0.05) is 47.6 Å². The molecule has 0 heterocycles. The highest BCUT2D eigenvalue weighted by atomic mass is 32.2. The maximum atomic E-state index is 14.1. The third kappa shape index (κ3) is 5.07. The molecular weight excluding hydrogens is 319 g/mol. The zero-order valence-corrected chi connectivity index (χ0v) is 12.9. The molecule has 0 bridgehead atoms. The Balaban J connectivity index is 2.29. The molecule has 8 heteroatoms. The maximum Gasteiger partial charge on any atom is 0.213 e. The molecule has 2 rings (SSSR count). The summed E-state index contributed by atoms with van der Waals surface area (Å²) in [5.41, 5.74) is 10.1. The average Bonchev–Trinajstić information content (AvgIpc) is 2.49. The van der Waals surface area contributed by atoms with Crippen molar-refractivity contribution in [3.8, 4) is 0 Å². The van der Waals surface area contributed by atoms with Gasteiger partial charge in [0, 0.05) is 10.5 Å². The Morgan fingerprint density at radius 2 is 1.91 bits per heavy atom. The fourth-order valence-electron chi connectivity index (χ4n) is 2.23. The smallest absolute Gasteiger partial charge is 0.213 e. The lowest BCUT2D eigenvalue weighted by atomic mass is 9.98. The van der Waals surface area contributed by atoms with E-state index in [1.165, 1.54) is 12.1 Å². The molecular formula is C15H15FN4O2S. The molecule has 2 aromatic carbocycles. The van der Waals surface area contributed by atoms with Crippen LogP contribution in [0.25, 0.3) is 10.4 Å². The lowest BCUT2D eigenvalue weighted by Crippen LogP contribution is -2.15. The van der Waals surface area contributed by atoms with Gasteiger partial charge < -0.3 is 0 Å². The van der Waals surface area contributed by atoms with Crippen LogP contribution >= 0.6 is 0 Å². The van der Waals surface area contributed by atoms with Crippen LogP contribution in [0.5, 0.6) is 0 Å². The number of azide groups is 1. The second kappa shape index (κ2) is 7.23. The van der Waals surface area contributed by atoms with Gasteiger partial charge in [0.05, 0.1) is 11.8 Å². The van der Waals surface area contributed by atoms with Crippen LogP contribution in [0, 0.1) is 5.82 Å². The monoisotopic (exact) mass is 334 g/mol. The first-order chi connectivity index (χ1) is 10.9. The molecule has 1 atom stereocenters. The molecule has 0 spiro atoms. The summed E-state index contributed by atoms with van der Waals surface area (Å²) in [6, 6.07) is 12.8. The van der Waals surface area contributed by atoms with E-state index in [0.717, 1.165) is 5.56 Å². The van der Waals surface area contributed by atoms with Crippen LogP contribution in [0.4, 0.5) is 4.39 Å². The molecule has 0 saturated heterocycles. The largest absolute Gasteiger partial charge is 0.228 e. The summed E-state index contributed by atoms with van der Waals surface area (Å²) in [5.74, 6) is -1.27. The Morgan fingerprint density at radius 3 is 2.48 bits per heavy atom. The fourth-order valence-corrected chi connectivity index (χ4v) is 2.90. The molecule has 6 nitrogen and oxygen atoms in total. The minimum Gasteiger partial charge on any atom is -0.228 e. The van der Waals surface area contributed by atoms with E-state index >= 15 is 0 Å². The SMILES string of the molecule is [N-]=[N+]=NC(Cc1ccccc1)c1ccc(CS(N)(=O)=O)c(F)c1. The first kappa shape index (κ1) is 17.0. The van der Waals surface area contributed by atoms with Crippen molar-refractivity contribution < 1.29 is 12.8 Å². The van der Waals surface area contributed by atoms with Gasteiger partial charge in [-0.25, -0.2) is 17.9 Å². The molecule has 0 aromatic heterocycles. The molecule has 0 radical (unpaired) electrons. The minimum absolute atomic E-state index is 0.0179. The Labute approximate surface area is 133 Å². The first-order valence-electron chi connectivity index (χ1n) is 6.76. The number of sulfonamides is 1. The van der Waals surface area contributed by atoms with E-state index in [-0.39, 0.29) is 5.56 Å². The highest BCUT2D eigenvalue weighted by Gasteiger charge is 2.15. The van der Waals surface area contributed by atoms with Crippen LogP contribution in [0.15, 0.2) is 53.6 Å². The number of hydrogen-bond donors (Lipinski definition) is 1. The van der Waals surface area contributed by atoms with Gasteiger partial charge in [0.25, 0.3) is 0 Å². The van der Waals surface area contributed by atoms with Gasteiger partial charge in [0.15, 0.2) is 0 Å². The van der Waals surface area contributed by atoms with Crippen LogP contribution < -0.4 is 5.14 Å². The number of primary sulfonamides is 1. The second-order valence-corrected chi connectivity index (χ2v) is 6.68. The van der Waals surface area contributed by atoms with E-state index in [1.807, 2.05) is 30.3 Å². The van der Waals surface area contributed by atoms with E-state index in [4.69, 9.17) is 10.7 Å². The number of benzene rings is 2. The van der Waals surface area contributed by atoms with Gasteiger partial charge in [0.2, 0.25) is 10.0 Å². The lowest BCUT2D eigenvalue weighted by Gasteiger charge is -2.13. The van der Waals surface area contributed by atoms with Crippen LogP contribution in [0.1, 0.15) is 22.7 Å². The van der Waals surface area contributed by atoms with Crippen LogP contribution in [-0.4, -0.2) is 8.42 Å². The molecule has 0 saturated carbocycles. The second-order valence-electron chi connectivity index (χ2n) is 5.07. The molecule has 2 aromatic rings. The minimum atomic E-state index is -3.81. The highest BCUT2D eigenvalue weighted by Crippen LogP contribution is 2.25. The third-order valence-corrected chi connectivity index (χ3v) is 3.99. The quantitative estimate of drug-likeness (QED) is 0.497. The Bertz CT molecular complexity index is 834. The summed E-state index contributed by atoms with van der Waals surface area (Å²) < 4.78 is 36.2. The zero-order valence-electron chi connectivity index (χ0n) is 12.1. The van der Waals surface area contributed by atoms with Crippen molar-refractivity contribution in [1.82, 2.24) is 0 Å². The maximum absolute atomic E-state index is 14.1. The molecule has 0 fully saturated rings. The Kier molecular flexibility index (Phi) is 5.33. The predicted molar refractivity (Wildman–Crippen MR) is 85.2 cm³/mol. The average molecular weight is 334 g/mol. The van der Waals surface area contributed by atoms with Crippen LogP contribution in [0.3, 0.4) is 0 Å². The Hall–Kier alpha value is -2.41. The lowest BCUT2D eigenvalue weighted by molar-refractivity contribution is 0.586. The Morgan fingerprint density at radius 1 is 1.22 bits per heavy atom. The molecule has 2 N–H and O–H groups in total. The molecule has 120 valence electrons. The van der Waals surface area contributed by atoms with E-state index in [2.05, 4.69) is 10.0 Å². The van der Waals surface area contributed by atoms with Crippen LogP contribution in [0.2, 0.25) is 0 Å². The number of nitrogens with zero attached hydrogens (tertiary/aromatic N) is 3. The molecule has 0 aliphatic heterocycles. The number of nitrogens with two attached hydrogens (primary N) is 1. The number of rotatable bonds is 6. The summed E-state index contributed by atoms with van der Waals surface area (Å²) >= 11 is 0. The first-order valence-corrected chi connectivity index (χ1v) is 8.47. The highest BCUT2D eigenvalue weighted by molar-refractivity contribution is 7.88. The van der Waals surface area contributed by atoms with Gasteiger partial charge in [-0.2, -0.15) is 0 Å². The number of halogens is 1. The van der Waals surface area contributed by atoms with Gasteiger partial charge in [-0.3, -0.25) is 0 Å². The van der Waals surface area contributed by atoms with E-state index in [0.29, 0.717) is 12.0 Å². The fraction of sp³-hybridized carbons (Fsp3) is 0.200. The van der Waals surface area contributed by atoms with E-state index in [1.54, 1.807) is 6.07 Å². The summed E-state index contributed by atoms with van der Waals surface area (Å²) in [6.07, 6.45) is 0.416. The van der Waals surface area contributed by atoms with Crippen molar-refractivity contribution in [1.29, 1.82) is 0 Å². The summed E-state index contributed by atoms with van der Waals surface area (Å²) in [4.78, 5) is 2.81. The van der Waals surface area contributed by atoms with Crippen molar-refractivity contribution >= 4 is 10.0 Å². The van der Waals surface area contributed by atoms with Gasteiger partial charge in [-0.15, -0.1) is 0 Å².